The van der Waals surface area contributed by atoms with Crippen LogP contribution in [0.15, 0.2) is 199 Å². The van der Waals surface area contributed by atoms with E-state index < -0.39 is 0 Å². The van der Waals surface area contributed by atoms with Crippen LogP contribution in [0.3, 0.4) is 0 Å². The van der Waals surface area contributed by atoms with Crippen molar-refractivity contribution in [2.45, 2.75) is 24.5 Å². The van der Waals surface area contributed by atoms with E-state index in [2.05, 4.69) is 214 Å². The van der Waals surface area contributed by atoms with Gasteiger partial charge >= 0.3 is 0 Å². The Hall–Kier alpha value is -6.70. The van der Waals surface area contributed by atoms with E-state index in [1.807, 2.05) is 0 Å². The van der Waals surface area contributed by atoms with Crippen LogP contribution in [0, 0.1) is 0 Å². The summed E-state index contributed by atoms with van der Waals surface area (Å²) in [4.78, 5) is 0. The minimum absolute atomic E-state index is 0.0687. The van der Waals surface area contributed by atoms with E-state index in [-0.39, 0.29) is 24.5 Å². The number of hydrogen-bond donors (Lipinski definition) is 6. The van der Waals surface area contributed by atoms with Gasteiger partial charge in [0.25, 0.3) is 0 Å². The van der Waals surface area contributed by atoms with Crippen LogP contribution in [0.1, 0.15) is 40.8 Å². The molecule has 4 heterocycles. The molecule has 0 saturated carbocycles. The average molecular weight is 753 g/mol. The van der Waals surface area contributed by atoms with Gasteiger partial charge in [0, 0.05) is 35.6 Å². The molecule has 11 rings (SSSR count). The van der Waals surface area contributed by atoms with Crippen molar-refractivity contribution in [3.63, 3.8) is 0 Å². The molecule has 58 heavy (non-hydrogen) atoms. The molecule has 4 aliphatic rings. The number of allylic oxidation sites excluding steroid dienone is 1. The molecule has 0 amide bonds. The number of nitrogens with one attached hydrogen (secondary N) is 6. The highest BCUT2D eigenvalue weighted by molar-refractivity contribution is 6.13. The Labute approximate surface area is 339 Å². The lowest BCUT2D eigenvalue weighted by atomic mass is 9.87. The Morgan fingerprint density at radius 1 is 0.500 bits per heavy atom. The van der Waals surface area contributed by atoms with Gasteiger partial charge < -0.3 is 16.0 Å². The van der Waals surface area contributed by atoms with Crippen LogP contribution < -0.4 is 31.9 Å². The van der Waals surface area contributed by atoms with Crippen LogP contribution >= 0.6 is 0 Å². The topological polar surface area (TPSA) is 72.2 Å². The van der Waals surface area contributed by atoms with Gasteiger partial charge in [-0.3, -0.25) is 16.0 Å². The molecular formula is C52H44N6. The summed E-state index contributed by atoms with van der Waals surface area (Å²) in [5.41, 5.74) is 14.5. The van der Waals surface area contributed by atoms with E-state index in [0.717, 1.165) is 13.1 Å². The molecule has 7 aromatic rings. The summed E-state index contributed by atoms with van der Waals surface area (Å²) in [6.45, 7) is 1.67. The van der Waals surface area contributed by atoms with Gasteiger partial charge in [0.05, 0.1) is 24.5 Å². The third-order valence-electron chi connectivity index (χ3n) is 12.1. The van der Waals surface area contributed by atoms with Crippen molar-refractivity contribution in [3.8, 4) is 22.3 Å². The minimum atomic E-state index is -0.150. The molecule has 6 heteroatoms. The Kier molecular flexibility index (Phi) is 8.73. The van der Waals surface area contributed by atoms with E-state index in [9.17, 15) is 0 Å². The summed E-state index contributed by atoms with van der Waals surface area (Å²) in [5.74, 6) is 0. The summed E-state index contributed by atoms with van der Waals surface area (Å²) in [5, 5.41) is 27.7. The van der Waals surface area contributed by atoms with Crippen molar-refractivity contribution in [1.29, 1.82) is 0 Å². The van der Waals surface area contributed by atoms with Gasteiger partial charge in [0.15, 0.2) is 0 Å². The lowest BCUT2D eigenvalue weighted by Gasteiger charge is -2.40. The standard InChI is InChI=1S/C52H44N6/c1-3-12-35(13-4-1)50-56-51(36-14-5-2-6-15-36)58-52(57-50)40-29-38(28-39(30-40)45-31-37-16-7-8-17-41(37)42-18-9-10-19-43(42)45)33-21-23-34(24-22-33)48-44-25-27-53-32-46(44)49-47(55-48)20-11-26-54-49/h1-25,27-31,47,50-58H,26,32H2. The number of fused-ring (bicyclic) bond motifs is 5. The summed E-state index contributed by atoms with van der Waals surface area (Å²) < 4.78 is 0. The van der Waals surface area contributed by atoms with Crippen LogP contribution in [0.5, 0.6) is 0 Å². The maximum Gasteiger partial charge on any atom is 0.0865 e. The molecular weight excluding hydrogens is 709 g/mol. The van der Waals surface area contributed by atoms with Gasteiger partial charge in [-0.2, -0.15) is 0 Å². The van der Waals surface area contributed by atoms with E-state index in [4.69, 9.17) is 0 Å². The maximum atomic E-state index is 3.95. The van der Waals surface area contributed by atoms with Gasteiger partial charge in [-0.1, -0.05) is 146 Å². The van der Waals surface area contributed by atoms with Crippen molar-refractivity contribution in [2.24, 2.45) is 0 Å². The smallest absolute Gasteiger partial charge is 0.0865 e. The van der Waals surface area contributed by atoms with Crippen molar-refractivity contribution >= 4 is 27.2 Å². The van der Waals surface area contributed by atoms with Crippen molar-refractivity contribution in [1.82, 2.24) is 31.9 Å². The molecule has 1 saturated heterocycles. The van der Waals surface area contributed by atoms with Gasteiger partial charge in [-0.15, -0.1) is 0 Å². The fourth-order valence-corrected chi connectivity index (χ4v) is 9.22. The fourth-order valence-electron chi connectivity index (χ4n) is 9.22. The van der Waals surface area contributed by atoms with E-state index in [1.54, 1.807) is 0 Å². The second kappa shape index (κ2) is 14.7. The fraction of sp³-hybridized carbons (Fsp3) is 0.115. The Bertz CT molecular complexity index is 2750. The maximum absolute atomic E-state index is 3.95. The Morgan fingerprint density at radius 2 is 1.12 bits per heavy atom. The molecule has 0 radical (unpaired) electrons. The Morgan fingerprint density at radius 3 is 1.86 bits per heavy atom. The van der Waals surface area contributed by atoms with Crippen LogP contribution in [0.2, 0.25) is 0 Å². The molecule has 3 unspecified atom stereocenters. The van der Waals surface area contributed by atoms with Crippen molar-refractivity contribution in [3.05, 3.63) is 221 Å². The number of rotatable bonds is 6. The first-order chi connectivity index (χ1) is 28.7. The first-order valence-corrected chi connectivity index (χ1v) is 20.3. The zero-order valence-electron chi connectivity index (χ0n) is 32.0. The zero-order valence-corrected chi connectivity index (χ0v) is 32.0. The third-order valence-corrected chi connectivity index (χ3v) is 12.1. The highest BCUT2D eigenvalue weighted by atomic mass is 15.4. The summed E-state index contributed by atoms with van der Waals surface area (Å²) in [6, 6.07) is 57.7. The third kappa shape index (κ3) is 6.28. The molecule has 6 nitrogen and oxygen atoms in total. The largest absolute Gasteiger partial charge is 0.387 e. The van der Waals surface area contributed by atoms with Crippen molar-refractivity contribution < 1.29 is 0 Å². The number of dihydropyridines is 1. The lowest BCUT2D eigenvalue weighted by molar-refractivity contribution is 0.203. The molecule has 0 spiro atoms. The average Bonchev–Trinajstić information content (AvgIpc) is 3.31. The van der Waals surface area contributed by atoms with Crippen molar-refractivity contribution in [2.75, 3.05) is 13.1 Å². The summed E-state index contributed by atoms with van der Waals surface area (Å²) >= 11 is 0. The molecule has 0 bridgehead atoms. The highest BCUT2D eigenvalue weighted by Gasteiger charge is 2.31. The molecule has 1 fully saturated rings. The summed E-state index contributed by atoms with van der Waals surface area (Å²) in [6.07, 6.45) is 8.46. The summed E-state index contributed by atoms with van der Waals surface area (Å²) in [7, 11) is 0. The van der Waals surface area contributed by atoms with Crippen LogP contribution in [0.4, 0.5) is 0 Å². The molecule has 282 valence electrons. The Balaban J connectivity index is 1.05. The second-order valence-corrected chi connectivity index (χ2v) is 15.6. The monoisotopic (exact) mass is 752 g/mol. The van der Waals surface area contributed by atoms with Crippen LogP contribution in [-0.2, 0) is 0 Å². The molecule has 0 aromatic heterocycles. The van der Waals surface area contributed by atoms with Crippen LogP contribution in [0.25, 0.3) is 49.5 Å². The predicted molar refractivity (Wildman–Crippen MR) is 238 cm³/mol. The van der Waals surface area contributed by atoms with Crippen LogP contribution in [-0.4, -0.2) is 19.1 Å². The van der Waals surface area contributed by atoms with E-state index >= 15 is 0 Å². The minimum Gasteiger partial charge on any atom is -0.387 e. The van der Waals surface area contributed by atoms with Gasteiger partial charge in [-0.25, -0.2) is 0 Å². The highest BCUT2D eigenvalue weighted by Crippen LogP contribution is 2.40. The first kappa shape index (κ1) is 34.5. The first-order valence-electron chi connectivity index (χ1n) is 20.3. The molecule has 4 aliphatic heterocycles. The van der Waals surface area contributed by atoms with E-state index in [1.165, 1.54) is 88.6 Å². The number of benzene rings is 7. The van der Waals surface area contributed by atoms with Gasteiger partial charge in [-0.05, 0) is 103 Å². The quantitative estimate of drug-likeness (QED) is 0.0752. The predicted octanol–water partition coefficient (Wildman–Crippen LogP) is 9.72. The second-order valence-electron chi connectivity index (χ2n) is 15.6. The molecule has 0 aliphatic carbocycles. The zero-order chi connectivity index (χ0) is 38.4. The molecule has 3 atom stereocenters. The van der Waals surface area contributed by atoms with Gasteiger partial charge in [0.1, 0.15) is 0 Å². The molecule has 6 N–H and O–H groups in total. The number of hydrogen-bond acceptors (Lipinski definition) is 6. The van der Waals surface area contributed by atoms with Gasteiger partial charge in [0.2, 0.25) is 0 Å². The normalized spacial score (nSPS) is 21.2. The van der Waals surface area contributed by atoms with E-state index in [0.29, 0.717) is 0 Å². The lowest BCUT2D eigenvalue weighted by Crippen LogP contribution is -2.54. The SMILES string of the molecule is C1=CC2NC(c3ccc(-c4cc(-c5cc6ccccc6c6ccccc56)cc(C5NC(c6ccccc6)NC(c6ccccc6)N5)c4)cc3)=C3C=CNCC3=C2NC1. The molecule has 7 aromatic carbocycles.